The number of carbonyl (C=O) groups excluding carboxylic acids is 1. The van der Waals surface area contributed by atoms with E-state index in [2.05, 4.69) is 6.07 Å². The first-order chi connectivity index (χ1) is 13.0. The van der Waals surface area contributed by atoms with Crippen molar-refractivity contribution in [2.24, 2.45) is 0 Å². The first-order valence-electron chi connectivity index (χ1n) is 9.28. The van der Waals surface area contributed by atoms with Crippen LogP contribution in [0.3, 0.4) is 0 Å². The van der Waals surface area contributed by atoms with E-state index in [1.54, 1.807) is 15.9 Å². The highest BCUT2D eigenvalue weighted by Crippen LogP contribution is 2.29. The summed E-state index contributed by atoms with van der Waals surface area (Å²) in [4.78, 5) is 32.2. The fourth-order valence-corrected chi connectivity index (χ4v) is 5.68. The normalized spacial score (nSPS) is 13.3. The number of hydrogen-bond acceptors (Lipinski definition) is 5. The number of fused-ring (bicyclic) bond motifs is 2. The van der Waals surface area contributed by atoms with Crippen molar-refractivity contribution in [1.29, 1.82) is 0 Å². The number of thioether (sulfide) groups is 1. The monoisotopic (exact) mass is 398 g/mol. The third-order valence-corrected chi connectivity index (χ3v) is 7.40. The lowest BCUT2D eigenvalue weighted by Gasteiger charge is -2.10. The maximum absolute atomic E-state index is 12.9. The molecule has 0 saturated heterocycles. The topological polar surface area (TPSA) is 52.0 Å². The molecule has 0 radical (unpaired) electrons. The number of nitrogens with zero attached hydrogens (tertiary/aromatic N) is 2. The highest BCUT2D eigenvalue weighted by Gasteiger charge is 2.18. The molecule has 0 N–H and O–H groups in total. The molecular weight excluding hydrogens is 376 g/mol. The maximum atomic E-state index is 12.9. The molecule has 140 valence electrons. The van der Waals surface area contributed by atoms with Gasteiger partial charge in [-0.05, 0) is 62.8 Å². The number of ketones is 1. The molecule has 4 nitrogen and oxygen atoms in total. The molecule has 6 heteroatoms. The minimum atomic E-state index is -0.00294. The molecule has 0 saturated carbocycles. The first kappa shape index (κ1) is 18.4. The van der Waals surface area contributed by atoms with Gasteiger partial charge in [0.15, 0.2) is 10.9 Å². The number of aryl methyl sites for hydroxylation is 4. The van der Waals surface area contributed by atoms with Gasteiger partial charge in [-0.1, -0.05) is 23.9 Å². The predicted molar refractivity (Wildman–Crippen MR) is 113 cm³/mol. The average Bonchev–Trinajstić information content (AvgIpc) is 3.23. The Balaban J connectivity index is 1.61. The number of hydrogen-bond donors (Lipinski definition) is 0. The predicted octanol–water partition coefficient (Wildman–Crippen LogP) is 4.56. The van der Waals surface area contributed by atoms with Crippen molar-refractivity contribution in [3.8, 4) is 0 Å². The van der Waals surface area contributed by atoms with Crippen LogP contribution in [0.4, 0.5) is 0 Å². The molecule has 0 fully saturated rings. The van der Waals surface area contributed by atoms with Crippen LogP contribution in [0.1, 0.15) is 45.3 Å². The highest BCUT2D eigenvalue weighted by atomic mass is 32.2. The second-order valence-corrected chi connectivity index (χ2v) is 9.10. The molecular formula is C21H22N2O2S2. The quantitative estimate of drug-likeness (QED) is 0.359. The van der Waals surface area contributed by atoms with Crippen LogP contribution >= 0.6 is 23.1 Å². The second kappa shape index (κ2) is 7.24. The van der Waals surface area contributed by atoms with E-state index in [9.17, 15) is 9.59 Å². The second-order valence-electron chi connectivity index (χ2n) is 6.96. The number of carbonyl (C=O) groups is 1. The summed E-state index contributed by atoms with van der Waals surface area (Å²) in [5, 5.41) is 1.35. The van der Waals surface area contributed by atoms with Gasteiger partial charge in [0.2, 0.25) is 0 Å². The van der Waals surface area contributed by atoms with Gasteiger partial charge in [-0.15, -0.1) is 11.3 Å². The van der Waals surface area contributed by atoms with Gasteiger partial charge in [-0.2, -0.15) is 0 Å². The summed E-state index contributed by atoms with van der Waals surface area (Å²) in [5.74, 6) is 0.380. The van der Waals surface area contributed by atoms with Gasteiger partial charge in [0, 0.05) is 17.0 Å². The van der Waals surface area contributed by atoms with Crippen molar-refractivity contribution in [3.63, 3.8) is 0 Å². The molecule has 27 heavy (non-hydrogen) atoms. The molecule has 0 atom stereocenters. The number of aromatic nitrogens is 2. The third-order valence-electron chi connectivity index (χ3n) is 5.32. The van der Waals surface area contributed by atoms with Crippen LogP contribution in [0.25, 0.3) is 10.2 Å². The lowest BCUT2D eigenvalue weighted by molar-refractivity contribution is 0.102. The molecule has 0 unspecified atom stereocenters. The van der Waals surface area contributed by atoms with Gasteiger partial charge >= 0.3 is 0 Å². The van der Waals surface area contributed by atoms with Gasteiger partial charge in [0.1, 0.15) is 4.83 Å². The minimum absolute atomic E-state index is 0.00294. The third kappa shape index (κ3) is 3.25. The van der Waals surface area contributed by atoms with E-state index < -0.39 is 0 Å². The summed E-state index contributed by atoms with van der Waals surface area (Å²) < 4.78 is 1.68. The molecule has 2 aromatic heterocycles. The highest BCUT2D eigenvalue weighted by molar-refractivity contribution is 7.99. The van der Waals surface area contributed by atoms with Crippen LogP contribution in [0, 0.1) is 13.8 Å². The van der Waals surface area contributed by atoms with Gasteiger partial charge in [-0.25, -0.2) is 4.98 Å². The molecule has 3 aromatic rings. The molecule has 0 aliphatic heterocycles. The molecule has 1 aromatic carbocycles. The van der Waals surface area contributed by atoms with Crippen molar-refractivity contribution in [3.05, 3.63) is 55.7 Å². The Hall–Kier alpha value is -1.92. The van der Waals surface area contributed by atoms with E-state index in [-0.39, 0.29) is 11.3 Å². The summed E-state index contributed by atoms with van der Waals surface area (Å²) in [5.41, 5.74) is 4.45. The van der Waals surface area contributed by atoms with E-state index in [1.165, 1.54) is 29.3 Å². The molecule has 0 spiro atoms. The van der Waals surface area contributed by atoms with Crippen LogP contribution < -0.4 is 5.56 Å². The lowest BCUT2D eigenvalue weighted by atomic mass is 10.0. The minimum Gasteiger partial charge on any atom is -0.293 e. The number of rotatable bonds is 5. The van der Waals surface area contributed by atoms with E-state index in [0.29, 0.717) is 22.8 Å². The van der Waals surface area contributed by atoms with Crippen molar-refractivity contribution in [2.75, 3.05) is 5.75 Å². The Morgan fingerprint density at radius 2 is 2.04 bits per heavy atom. The number of thiophene rings is 1. The summed E-state index contributed by atoms with van der Waals surface area (Å²) in [7, 11) is 0. The van der Waals surface area contributed by atoms with Crippen molar-refractivity contribution in [1.82, 2.24) is 9.55 Å². The summed E-state index contributed by atoms with van der Waals surface area (Å²) in [6.45, 7) is 6.48. The van der Waals surface area contributed by atoms with Crippen molar-refractivity contribution < 1.29 is 4.79 Å². The SMILES string of the molecule is CCn1c(SCC(=O)c2ccc3c(c2)CCC3)nc2sc(C)c(C)c2c1=O. The van der Waals surface area contributed by atoms with Crippen LogP contribution in [0.2, 0.25) is 0 Å². The van der Waals surface area contributed by atoms with Gasteiger partial charge in [0.25, 0.3) is 5.56 Å². The van der Waals surface area contributed by atoms with Gasteiger partial charge in [-0.3, -0.25) is 14.2 Å². The first-order valence-corrected chi connectivity index (χ1v) is 11.1. The fraction of sp³-hybridized carbons (Fsp3) is 0.381. The molecule has 2 heterocycles. The van der Waals surface area contributed by atoms with Crippen molar-refractivity contribution >= 4 is 39.1 Å². The average molecular weight is 399 g/mol. The van der Waals surface area contributed by atoms with E-state index in [0.717, 1.165) is 33.7 Å². The van der Waals surface area contributed by atoms with Crippen LogP contribution in [0.15, 0.2) is 28.2 Å². The molecule has 4 rings (SSSR count). The Morgan fingerprint density at radius 1 is 1.26 bits per heavy atom. The molecule has 1 aliphatic rings. The van der Waals surface area contributed by atoms with E-state index in [4.69, 9.17) is 4.98 Å². The van der Waals surface area contributed by atoms with E-state index >= 15 is 0 Å². The Kier molecular flexibility index (Phi) is 4.95. The Morgan fingerprint density at radius 3 is 2.81 bits per heavy atom. The van der Waals surface area contributed by atoms with E-state index in [1.807, 2.05) is 32.9 Å². The van der Waals surface area contributed by atoms with Crippen LogP contribution in [-0.4, -0.2) is 21.1 Å². The number of benzene rings is 1. The lowest BCUT2D eigenvalue weighted by Crippen LogP contribution is -2.22. The zero-order valence-corrected chi connectivity index (χ0v) is 17.4. The van der Waals surface area contributed by atoms with Crippen molar-refractivity contribution in [2.45, 2.75) is 51.7 Å². The largest absolute Gasteiger partial charge is 0.293 e. The smallest absolute Gasteiger partial charge is 0.263 e. The molecule has 0 bridgehead atoms. The zero-order valence-electron chi connectivity index (χ0n) is 15.8. The van der Waals surface area contributed by atoms with Crippen LogP contribution in [-0.2, 0) is 19.4 Å². The van der Waals surface area contributed by atoms with Crippen LogP contribution in [0.5, 0.6) is 0 Å². The number of Topliss-reactive ketones (excluding diaryl/α,β-unsaturated/α-hetero) is 1. The summed E-state index contributed by atoms with van der Waals surface area (Å²) in [6, 6.07) is 6.06. The molecule has 1 aliphatic carbocycles. The summed E-state index contributed by atoms with van der Waals surface area (Å²) in [6.07, 6.45) is 3.35. The Bertz CT molecular complexity index is 1110. The standard InChI is InChI=1S/C21H22N2O2S2/c1-4-23-20(25)18-12(2)13(3)27-19(18)22-21(23)26-11-17(24)16-9-8-14-6-5-7-15(14)10-16/h8-10H,4-7,11H2,1-3H3. The van der Waals surface area contributed by atoms with Gasteiger partial charge in [0.05, 0.1) is 11.1 Å². The zero-order chi connectivity index (χ0) is 19.1. The molecule has 0 amide bonds. The Labute approximate surface area is 166 Å². The van der Waals surface area contributed by atoms with Gasteiger partial charge < -0.3 is 0 Å². The summed E-state index contributed by atoms with van der Waals surface area (Å²) >= 11 is 2.91. The fourth-order valence-electron chi connectivity index (χ4n) is 3.66. The maximum Gasteiger partial charge on any atom is 0.263 e.